The molecular formula is C22H29N7S. The minimum absolute atomic E-state index is 0.627. The normalized spacial score (nSPS) is 15.4. The second-order valence-electron chi connectivity index (χ2n) is 7.94. The number of nitrogens with one attached hydrogen (secondary N) is 1. The molecule has 3 aromatic rings. The molecule has 7 nitrogen and oxygen atoms in total. The zero-order valence-electron chi connectivity index (χ0n) is 17.7. The number of aromatic nitrogens is 5. The van der Waals surface area contributed by atoms with Gasteiger partial charge in [-0.05, 0) is 51.3 Å². The highest BCUT2D eigenvalue weighted by Crippen LogP contribution is 2.23. The summed E-state index contributed by atoms with van der Waals surface area (Å²) in [7, 11) is 0. The van der Waals surface area contributed by atoms with Crippen LogP contribution in [0.1, 0.15) is 48.3 Å². The molecule has 0 saturated carbocycles. The Balaban J connectivity index is 1.26. The quantitative estimate of drug-likeness (QED) is 0.582. The Morgan fingerprint density at radius 2 is 1.87 bits per heavy atom. The zero-order valence-corrected chi connectivity index (χ0v) is 18.5. The van der Waals surface area contributed by atoms with Crippen molar-refractivity contribution in [3.05, 3.63) is 52.9 Å². The van der Waals surface area contributed by atoms with Crippen LogP contribution in [0.25, 0.3) is 0 Å². The van der Waals surface area contributed by atoms with E-state index in [9.17, 15) is 0 Å². The molecule has 1 N–H and O–H groups in total. The molecule has 8 heteroatoms. The summed E-state index contributed by atoms with van der Waals surface area (Å²) in [5.74, 6) is 3.30. The van der Waals surface area contributed by atoms with E-state index in [4.69, 9.17) is 4.98 Å². The second-order valence-corrected chi connectivity index (χ2v) is 9.18. The highest BCUT2D eigenvalue weighted by Gasteiger charge is 2.21. The van der Waals surface area contributed by atoms with E-state index in [-0.39, 0.29) is 0 Å². The van der Waals surface area contributed by atoms with E-state index in [0.717, 1.165) is 61.5 Å². The van der Waals surface area contributed by atoms with Crippen molar-refractivity contribution < 1.29 is 0 Å². The topological polar surface area (TPSA) is 79.7 Å². The van der Waals surface area contributed by atoms with Crippen molar-refractivity contribution in [1.82, 2.24) is 29.8 Å². The van der Waals surface area contributed by atoms with Gasteiger partial charge in [0, 0.05) is 54.6 Å². The molecule has 0 aromatic carbocycles. The lowest BCUT2D eigenvalue weighted by molar-refractivity contribution is 0.175. The number of piperidine rings is 1. The highest BCUT2D eigenvalue weighted by molar-refractivity contribution is 7.15. The number of nitrogens with zero attached hydrogens (tertiary/aromatic N) is 6. The molecular weight excluding hydrogens is 394 g/mol. The summed E-state index contributed by atoms with van der Waals surface area (Å²) in [5, 5.41) is 4.16. The van der Waals surface area contributed by atoms with Crippen LogP contribution < -0.4 is 5.32 Å². The second kappa shape index (κ2) is 10.0. The number of thiazole rings is 1. The summed E-state index contributed by atoms with van der Waals surface area (Å²) in [6.07, 6.45) is 13.0. The molecule has 1 saturated heterocycles. The maximum absolute atomic E-state index is 4.70. The molecule has 4 rings (SSSR count). The highest BCUT2D eigenvalue weighted by atomic mass is 32.1. The van der Waals surface area contributed by atoms with E-state index in [1.54, 1.807) is 11.3 Å². The van der Waals surface area contributed by atoms with Gasteiger partial charge in [0.15, 0.2) is 5.13 Å². The average molecular weight is 424 g/mol. The van der Waals surface area contributed by atoms with Gasteiger partial charge in [-0.2, -0.15) is 0 Å². The van der Waals surface area contributed by atoms with Crippen molar-refractivity contribution in [3.63, 3.8) is 0 Å². The minimum atomic E-state index is 0.627. The van der Waals surface area contributed by atoms with Crippen molar-refractivity contribution in [1.29, 1.82) is 0 Å². The molecule has 158 valence electrons. The summed E-state index contributed by atoms with van der Waals surface area (Å²) in [6.45, 7) is 7.33. The van der Waals surface area contributed by atoms with E-state index in [0.29, 0.717) is 5.92 Å². The smallest absolute Gasteiger partial charge is 0.188 e. The van der Waals surface area contributed by atoms with Gasteiger partial charge in [0.2, 0.25) is 0 Å². The predicted molar refractivity (Wildman–Crippen MR) is 120 cm³/mol. The minimum Gasteiger partial charge on any atom is -0.316 e. The van der Waals surface area contributed by atoms with Crippen LogP contribution in [0.15, 0.2) is 30.9 Å². The lowest BCUT2D eigenvalue weighted by atomic mass is 9.93. The first-order valence-electron chi connectivity index (χ1n) is 10.7. The summed E-state index contributed by atoms with van der Waals surface area (Å²) in [6, 6.07) is 1.90. The van der Waals surface area contributed by atoms with Gasteiger partial charge in [-0.3, -0.25) is 4.90 Å². The van der Waals surface area contributed by atoms with Gasteiger partial charge in [0.1, 0.15) is 17.5 Å². The fraction of sp³-hybridized carbons (Fsp3) is 0.500. The number of likely N-dealkylation sites (tertiary alicyclic amines) is 1. The van der Waals surface area contributed by atoms with Crippen molar-refractivity contribution in [3.8, 4) is 0 Å². The largest absolute Gasteiger partial charge is 0.316 e. The van der Waals surface area contributed by atoms with Crippen LogP contribution in [0.2, 0.25) is 0 Å². The Morgan fingerprint density at radius 1 is 1.07 bits per heavy atom. The molecule has 3 aromatic heterocycles. The average Bonchev–Trinajstić information content (AvgIpc) is 3.16. The fourth-order valence-electron chi connectivity index (χ4n) is 3.77. The van der Waals surface area contributed by atoms with Gasteiger partial charge in [-0.15, -0.1) is 11.3 Å². The van der Waals surface area contributed by atoms with Gasteiger partial charge < -0.3 is 5.32 Å². The number of aryl methyl sites for hydroxylation is 2. The molecule has 0 spiro atoms. The van der Waals surface area contributed by atoms with Crippen LogP contribution >= 0.6 is 11.3 Å². The number of hydrogen-bond donors (Lipinski definition) is 1. The fourth-order valence-corrected chi connectivity index (χ4v) is 4.44. The molecule has 0 bridgehead atoms. The lowest BCUT2D eigenvalue weighted by Gasteiger charge is -2.31. The molecule has 1 fully saturated rings. The van der Waals surface area contributed by atoms with Gasteiger partial charge >= 0.3 is 0 Å². The van der Waals surface area contributed by atoms with Crippen molar-refractivity contribution in [2.24, 2.45) is 5.92 Å². The van der Waals surface area contributed by atoms with E-state index >= 15 is 0 Å². The first-order chi connectivity index (χ1) is 14.7. The number of anilines is 2. The van der Waals surface area contributed by atoms with Crippen LogP contribution in [0.3, 0.4) is 0 Å². The Bertz CT molecular complexity index is 933. The van der Waals surface area contributed by atoms with Gasteiger partial charge in [-0.1, -0.05) is 6.92 Å². The SMILES string of the molecule is CCCc1ncc(CN2CCC(Cc3nccc(Nc4ncc(C)s4)n3)CC2)cn1. The maximum Gasteiger partial charge on any atom is 0.188 e. The first-order valence-corrected chi connectivity index (χ1v) is 11.5. The van der Waals surface area contributed by atoms with E-state index in [1.165, 1.54) is 23.3 Å². The van der Waals surface area contributed by atoms with E-state index < -0.39 is 0 Å². The van der Waals surface area contributed by atoms with Crippen molar-refractivity contribution >= 4 is 22.3 Å². The van der Waals surface area contributed by atoms with Crippen LogP contribution in [0, 0.1) is 12.8 Å². The zero-order chi connectivity index (χ0) is 20.8. The van der Waals surface area contributed by atoms with Crippen LogP contribution in [0.5, 0.6) is 0 Å². The van der Waals surface area contributed by atoms with Gasteiger partial charge in [-0.25, -0.2) is 24.9 Å². The van der Waals surface area contributed by atoms with Crippen LogP contribution in [0.4, 0.5) is 10.9 Å². The standard InChI is InChI=1S/C22H29N7S/c1-3-4-19-24-13-18(14-25-19)15-29-9-6-17(7-10-29)11-21-23-8-5-20(27-21)28-22-26-12-16(2)30-22/h5,8,12-14,17H,3-4,6-7,9-11,15H2,1-2H3,(H,23,26,27,28). The number of hydrogen-bond acceptors (Lipinski definition) is 8. The number of rotatable bonds is 8. The summed E-state index contributed by atoms with van der Waals surface area (Å²) < 4.78 is 0. The Hall–Kier alpha value is -2.45. The Morgan fingerprint density at radius 3 is 2.57 bits per heavy atom. The molecule has 1 aliphatic rings. The molecule has 0 aliphatic carbocycles. The molecule has 1 aliphatic heterocycles. The molecule has 0 radical (unpaired) electrons. The summed E-state index contributed by atoms with van der Waals surface area (Å²) in [5.41, 5.74) is 1.20. The van der Waals surface area contributed by atoms with Crippen molar-refractivity contribution in [2.45, 2.75) is 52.5 Å². The molecule has 30 heavy (non-hydrogen) atoms. The third-order valence-electron chi connectivity index (χ3n) is 5.38. The van der Waals surface area contributed by atoms with Gasteiger partial charge in [0.05, 0.1) is 0 Å². The summed E-state index contributed by atoms with van der Waals surface area (Å²) in [4.78, 5) is 26.2. The molecule has 0 atom stereocenters. The Labute approximate surface area is 182 Å². The first kappa shape index (κ1) is 20.8. The monoisotopic (exact) mass is 423 g/mol. The molecule has 0 amide bonds. The third-order valence-corrected chi connectivity index (χ3v) is 6.21. The van der Waals surface area contributed by atoms with Crippen LogP contribution in [-0.4, -0.2) is 42.9 Å². The van der Waals surface area contributed by atoms with Crippen LogP contribution in [-0.2, 0) is 19.4 Å². The molecule has 0 unspecified atom stereocenters. The van der Waals surface area contributed by atoms with E-state index in [1.807, 2.05) is 30.9 Å². The van der Waals surface area contributed by atoms with E-state index in [2.05, 4.69) is 44.0 Å². The predicted octanol–water partition coefficient (Wildman–Crippen LogP) is 4.18. The lowest BCUT2D eigenvalue weighted by Crippen LogP contribution is -2.34. The maximum atomic E-state index is 4.70. The third kappa shape index (κ3) is 5.79. The van der Waals surface area contributed by atoms with Crippen molar-refractivity contribution in [2.75, 3.05) is 18.4 Å². The molecule has 4 heterocycles. The Kier molecular flexibility index (Phi) is 6.96. The van der Waals surface area contributed by atoms with Gasteiger partial charge in [0.25, 0.3) is 0 Å². The summed E-state index contributed by atoms with van der Waals surface area (Å²) >= 11 is 1.63.